The highest BCUT2D eigenvalue weighted by Crippen LogP contribution is 2.47. The van der Waals surface area contributed by atoms with Gasteiger partial charge in [-0.25, -0.2) is 4.98 Å². The lowest BCUT2D eigenvalue weighted by Gasteiger charge is -2.42. The zero-order valence-electron chi connectivity index (χ0n) is 12.7. The standard InChI is InChI=1S/C16H24N2OS/c1-15(2)6-8-16(19-3,9-7-15)14-17-12(11-4-5-11)10-13(20)18-14/h10-11H,4-9H2,1-3H3,(H,17,18,20). The van der Waals surface area contributed by atoms with Crippen molar-refractivity contribution in [2.45, 2.75) is 63.9 Å². The highest BCUT2D eigenvalue weighted by molar-refractivity contribution is 7.71. The predicted molar refractivity (Wildman–Crippen MR) is 82.3 cm³/mol. The van der Waals surface area contributed by atoms with Gasteiger partial charge in [-0.1, -0.05) is 26.1 Å². The maximum absolute atomic E-state index is 5.93. The van der Waals surface area contributed by atoms with Gasteiger partial charge in [-0.2, -0.15) is 0 Å². The number of aromatic nitrogens is 2. The first-order valence-corrected chi connectivity index (χ1v) is 8.02. The predicted octanol–water partition coefficient (Wildman–Crippen LogP) is 4.46. The number of methoxy groups -OCH3 is 1. The molecule has 0 radical (unpaired) electrons. The molecule has 1 aromatic heterocycles. The summed E-state index contributed by atoms with van der Waals surface area (Å²) in [5.41, 5.74) is 1.39. The number of nitrogens with zero attached hydrogens (tertiary/aromatic N) is 1. The maximum Gasteiger partial charge on any atom is 0.140 e. The lowest BCUT2D eigenvalue weighted by Crippen LogP contribution is -2.38. The highest BCUT2D eigenvalue weighted by Gasteiger charge is 2.42. The largest absolute Gasteiger partial charge is 0.370 e. The van der Waals surface area contributed by atoms with Crippen molar-refractivity contribution in [3.63, 3.8) is 0 Å². The summed E-state index contributed by atoms with van der Waals surface area (Å²) in [6, 6.07) is 2.02. The fourth-order valence-corrected chi connectivity index (χ4v) is 3.39. The van der Waals surface area contributed by atoms with Gasteiger partial charge in [0.1, 0.15) is 16.1 Å². The van der Waals surface area contributed by atoms with Gasteiger partial charge in [0.05, 0.1) is 0 Å². The van der Waals surface area contributed by atoms with Gasteiger partial charge in [-0.15, -0.1) is 0 Å². The molecule has 0 aliphatic heterocycles. The third-order valence-corrected chi connectivity index (χ3v) is 5.22. The molecule has 2 aliphatic carbocycles. The third-order valence-electron chi connectivity index (χ3n) is 5.01. The molecule has 0 saturated heterocycles. The SMILES string of the molecule is COC1(c2nc(=S)cc(C3CC3)[nH]2)CCC(C)(C)CC1. The van der Waals surface area contributed by atoms with Crippen LogP contribution in [-0.4, -0.2) is 17.1 Å². The summed E-state index contributed by atoms with van der Waals surface area (Å²) in [5, 5.41) is 0. The molecular weight excluding hydrogens is 268 g/mol. The Morgan fingerprint density at radius 1 is 1.25 bits per heavy atom. The minimum atomic E-state index is -0.270. The van der Waals surface area contributed by atoms with E-state index in [4.69, 9.17) is 17.0 Å². The summed E-state index contributed by atoms with van der Waals surface area (Å²) in [4.78, 5) is 8.13. The Bertz CT molecular complexity index is 550. The second-order valence-electron chi connectivity index (χ2n) is 7.16. The van der Waals surface area contributed by atoms with Crippen LogP contribution < -0.4 is 0 Å². The number of H-pyrrole nitrogens is 1. The van der Waals surface area contributed by atoms with E-state index in [9.17, 15) is 0 Å². The zero-order chi connectivity index (χ0) is 14.4. The molecule has 0 aromatic carbocycles. The zero-order valence-corrected chi connectivity index (χ0v) is 13.5. The molecule has 0 amide bonds. The van der Waals surface area contributed by atoms with Crippen molar-refractivity contribution in [1.29, 1.82) is 0 Å². The average molecular weight is 292 g/mol. The van der Waals surface area contributed by atoms with Crippen LogP contribution in [0.2, 0.25) is 0 Å². The van der Waals surface area contributed by atoms with Crippen LogP contribution >= 0.6 is 12.2 Å². The molecule has 0 unspecified atom stereocenters. The van der Waals surface area contributed by atoms with Crippen molar-refractivity contribution < 1.29 is 4.74 Å². The second-order valence-corrected chi connectivity index (χ2v) is 7.58. The van der Waals surface area contributed by atoms with E-state index in [-0.39, 0.29) is 5.60 Å². The van der Waals surface area contributed by atoms with E-state index >= 15 is 0 Å². The van der Waals surface area contributed by atoms with E-state index in [1.165, 1.54) is 18.5 Å². The Kier molecular flexibility index (Phi) is 3.49. The molecule has 0 spiro atoms. The van der Waals surface area contributed by atoms with Gasteiger partial charge in [0, 0.05) is 12.8 Å². The van der Waals surface area contributed by atoms with Gasteiger partial charge >= 0.3 is 0 Å². The molecule has 4 heteroatoms. The smallest absolute Gasteiger partial charge is 0.140 e. The van der Waals surface area contributed by atoms with Crippen molar-refractivity contribution in [2.75, 3.05) is 7.11 Å². The summed E-state index contributed by atoms with van der Waals surface area (Å²) in [5.74, 6) is 1.61. The minimum absolute atomic E-state index is 0.270. The molecule has 20 heavy (non-hydrogen) atoms. The first-order chi connectivity index (χ1) is 9.44. The van der Waals surface area contributed by atoms with Gasteiger partial charge in [0.2, 0.25) is 0 Å². The second kappa shape index (κ2) is 4.92. The van der Waals surface area contributed by atoms with Crippen molar-refractivity contribution in [2.24, 2.45) is 5.41 Å². The molecule has 1 heterocycles. The number of aromatic amines is 1. The van der Waals surface area contributed by atoms with Gasteiger partial charge < -0.3 is 9.72 Å². The Hall–Kier alpha value is -0.740. The molecule has 0 bridgehead atoms. The van der Waals surface area contributed by atoms with Gasteiger partial charge in [0.15, 0.2) is 0 Å². The summed E-state index contributed by atoms with van der Waals surface area (Å²) >= 11 is 5.36. The van der Waals surface area contributed by atoms with Crippen LogP contribution in [0.1, 0.15) is 69.8 Å². The van der Waals surface area contributed by atoms with E-state index in [0.29, 0.717) is 16.0 Å². The minimum Gasteiger partial charge on any atom is -0.370 e. The highest BCUT2D eigenvalue weighted by atomic mass is 32.1. The fourth-order valence-electron chi connectivity index (χ4n) is 3.17. The van der Waals surface area contributed by atoms with E-state index in [1.807, 2.05) is 6.07 Å². The Morgan fingerprint density at radius 3 is 2.45 bits per heavy atom. The fraction of sp³-hybridized carbons (Fsp3) is 0.750. The lowest BCUT2D eigenvalue weighted by atomic mass is 9.70. The lowest BCUT2D eigenvalue weighted by molar-refractivity contribution is -0.0731. The van der Waals surface area contributed by atoms with E-state index in [0.717, 1.165) is 31.5 Å². The number of ether oxygens (including phenoxy) is 1. The first kappa shape index (κ1) is 14.2. The van der Waals surface area contributed by atoms with E-state index in [1.54, 1.807) is 7.11 Å². The van der Waals surface area contributed by atoms with Crippen LogP contribution in [0.4, 0.5) is 0 Å². The maximum atomic E-state index is 5.93. The number of rotatable bonds is 3. The quantitative estimate of drug-likeness (QED) is 0.836. The molecule has 0 atom stereocenters. The Morgan fingerprint density at radius 2 is 1.90 bits per heavy atom. The molecule has 110 valence electrons. The molecule has 2 aliphatic rings. The van der Waals surface area contributed by atoms with Crippen LogP contribution in [0.25, 0.3) is 0 Å². The number of hydrogen-bond donors (Lipinski definition) is 1. The van der Waals surface area contributed by atoms with E-state index in [2.05, 4.69) is 23.8 Å². The van der Waals surface area contributed by atoms with E-state index < -0.39 is 0 Å². The molecule has 1 aromatic rings. The van der Waals surface area contributed by atoms with Crippen molar-refractivity contribution >= 4 is 12.2 Å². The molecule has 3 nitrogen and oxygen atoms in total. The third kappa shape index (κ3) is 2.68. The number of hydrogen-bond acceptors (Lipinski definition) is 3. The van der Waals surface area contributed by atoms with Crippen LogP contribution in [-0.2, 0) is 10.3 Å². The van der Waals surface area contributed by atoms with Gasteiger partial charge in [-0.3, -0.25) is 0 Å². The van der Waals surface area contributed by atoms with Crippen molar-refractivity contribution in [1.82, 2.24) is 9.97 Å². The van der Waals surface area contributed by atoms with Gasteiger partial charge in [-0.05, 0) is 55.9 Å². The molecular formula is C16H24N2OS. The summed E-state index contributed by atoms with van der Waals surface area (Å²) in [7, 11) is 1.81. The van der Waals surface area contributed by atoms with Crippen molar-refractivity contribution in [3.8, 4) is 0 Å². The van der Waals surface area contributed by atoms with Crippen LogP contribution in [0.15, 0.2) is 6.07 Å². The first-order valence-electron chi connectivity index (χ1n) is 7.61. The van der Waals surface area contributed by atoms with Crippen LogP contribution in [0.3, 0.4) is 0 Å². The molecule has 3 rings (SSSR count). The number of nitrogens with one attached hydrogen (secondary N) is 1. The molecule has 2 saturated carbocycles. The normalized spacial score (nSPS) is 24.6. The van der Waals surface area contributed by atoms with Crippen molar-refractivity contribution in [3.05, 3.63) is 22.2 Å². The molecule has 2 fully saturated rings. The summed E-state index contributed by atoms with van der Waals surface area (Å²) in [6.45, 7) is 4.67. The van der Waals surface area contributed by atoms with Gasteiger partial charge in [0.25, 0.3) is 0 Å². The summed E-state index contributed by atoms with van der Waals surface area (Å²) < 4.78 is 6.62. The summed E-state index contributed by atoms with van der Waals surface area (Å²) in [6.07, 6.45) is 6.89. The average Bonchev–Trinajstić information content (AvgIpc) is 3.23. The molecule has 1 N–H and O–H groups in total. The van der Waals surface area contributed by atoms with Crippen LogP contribution in [0.5, 0.6) is 0 Å². The Labute approximate surface area is 126 Å². The monoisotopic (exact) mass is 292 g/mol. The van der Waals surface area contributed by atoms with Crippen LogP contribution in [0, 0.1) is 10.1 Å². The Balaban J connectivity index is 1.95. The topological polar surface area (TPSA) is 37.9 Å².